The van der Waals surface area contributed by atoms with E-state index in [4.69, 9.17) is 14.2 Å². The summed E-state index contributed by atoms with van der Waals surface area (Å²) in [5, 5.41) is 2.92. The SMILES string of the molecule is CCCCOC(C1CCCCC1)C(C)OCc1ccc(C(=O)N[C@@H](CCSC)C(=O)OC)c(-c2ccccc2C)c1. The van der Waals surface area contributed by atoms with E-state index >= 15 is 0 Å². The number of rotatable bonds is 16. The maximum Gasteiger partial charge on any atom is 0.328 e. The number of carbonyl (C=O) groups is 2. The second-order valence-corrected chi connectivity index (χ2v) is 12.1. The summed E-state index contributed by atoms with van der Waals surface area (Å²) in [4.78, 5) is 25.9. The molecule has 0 saturated heterocycles. The van der Waals surface area contributed by atoms with E-state index in [0.29, 0.717) is 24.5 Å². The van der Waals surface area contributed by atoms with Gasteiger partial charge in [0, 0.05) is 12.2 Å². The monoisotopic (exact) mass is 583 g/mol. The number of hydrogen-bond acceptors (Lipinski definition) is 6. The van der Waals surface area contributed by atoms with Gasteiger partial charge in [-0.05, 0) is 91.8 Å². The highest BCUT2D eigenvalue weighted by atomic mass is 32.2. The van der Waals surface area contributed by atoms with Gasteiger partial charge in [0.15, 0.2) is 0 Å². The van der Waals surface area contributed by atoms with E-state index in [-0.39, 0.29) is 18.1 Å². The van der Waals surface area contributed by atoms with Gasteiger partial charge in [0.05, 0.1) is 25.9 Å². The first kappa shape index (κ1) is 33.2. The molecule has 0 bridgehead atoms. The van der Waals surface area contributed by atoms with E-state index in [1.54, 1.807) is 11.8 Å². The third-order valence-electron chi connectivity index (χ3n) is 8.06. The Morgan fingerprint density at radius 1 is 1.05 bits per heavy atom. The van der Waals surface area contributed by atoms with Crippen LogP contribution in [0.5, 0.6) is 0 Å². The third-order valence-corrected chi connectivity index (χ3v) is 8.71. The Bertz CT molecular complexity index is 1100. The number of thioether (sulfide) groups is 1. The van der Waals surface area contributed by atoms with Crippen LogP contribution < -0.4 is 5.32 Å². The summed E-state index contributed by atoms with van der Waals surface area (Å²) in [5.41, 5.74) is 4.40. The highest BCUT2D eigenvalue weighted by Crippen LogP contribution is 2.32. The van der Waals surface area contributed by atoms with E-state index in [0.717, 1.165) is 47.5 Å². The van der Waals surface area contributed by atoms with Crippen LogP contribution in [0.2, 0.25) is 0 Å². The molecule has 0 radical (unpaired) electrons. The van der Waals surface area contributed by atoms with Gasteiger partial charge in [-0.3, -0.25) is 4.79 Å². The molecule has 2 aromatic carbocycles. The fourth-order valence-corrected chi connectivity index (χ4v) is 6.12. The molecule has 2 aromatic rings. The van der Waals surface area contributed by atoms with E-state index in [9.17, 15) is 9.59 Å². The van der Waals surface area contributed by atoms with Crippen LogP contribution in [0, 0.1) is 12.8 Å². The zero-order valence-electron chi connectivity index (χ0n) is 25.6. The minimum atomic E-state index is -0.696. The van der Waals surface area contributed by atoms with Crippen molar-refractivity contribution in [3.8, 4) is 11.1 Å². The van der Waals surface area contributed by atoms with Gasteiger partial charge in [0.25, 0.3) is 5.91 Å². The second kappa shape index (κ2) is 17.6. The molecule has 6 nitrogen and oxygen atoms in total. The summed E-state index contributed by atoms with van der Waals surface area (Å²) in [7, 11) is 1.35. The molecular weight excluding hydrogens is 534 g/mol. The zero-order valence-corrected chi connectivity index (χ0v) is 26.4. The van der Waals surface area contributed by atoms with Crippen molar-refractivity contribution in [1.82, 2.24) is 5.32 Å². The van der Waals surface area contributed by atoms with Gasteiger partial charge in [-0.1, -0.05) is 62.9 Å². The van der Waals surface area contributed by atoms with Gasteiger partial charge in [-0.15, -0.1) is 0 Å². The number of ether oxygens (including phenoxy) is 3. The zero-order chi connectivity index (χ0) is 29.6. The van der Waals surface area contributed by atoms with Gasteiger partial charge in [0.1, 0.15) is 6.04 Å². The molecule has 3 rings (SSSR count). The Morgan fingerprint density at radius 2 is 1.80 bits per heavy atom. The molecule has 0 spiro atoms. The van der Waals surface area contributed by atoms with Crippen molar-refractivity contribution in [2.75, 3.05) is 25.7 Å². The summed E-state index contributed by atoms with van der Waals surface area (Å²) < 4.78 is 17.8. The van der Waals surface area contributed by atoms with Crippen molar-refractivity contribution in [2.45, 2.75) is 97.0 Å². The van der Waals surface area contributed by atoms with Crippen molar-refractivity contribution in [3.05, 3.63) is 59.2 Å². The van der Waals surface area contributed by atoms with Crippen molar-refractivity contribution >= 4 is 23.6 Å². The number of hydrogen-bond donors (Lipinski definition) is 1. The molecule has 0 aliphatic heterocycles. The summed E-state index contributed by atoms with van der Waals surface area (Å²) in [5.74, 6) is 0.557. The standard InChI is InChI=1S/C34H49NO5S/c1-6-7-20-39-32(27-14-9-8-10-15-27)25(3)40-23-26-17-18-29(30(22-26)28-16-12-11-13-24(28)2)33(36)35-31(19-21-41-5)34(37)38-4/h11-13,16-18,22,25,27,31-32H,6-10,14-15,19-21,23H2,1-5H3,(H,35,36)/t25?,31-,32?/m0/s1. The largest absolute Gasteiger partial charge is 0.467 e. The van der Waals surface area contributed by atoms with Crippen LogP contribution in [-0.2, 0) is 25.6 Å². The summed E-state index contributed by atoms with van der Waals surface area (Å²) in [6, 6.07) is 13.2. The summed E-state index contributed by atoms with van der Waals surface area (Å²) in [6.07, 6.45) is 11.0. The number of benzene rings is 2. The van der Waals surface area contributed by atoms with Gasteiger partial charge >= 0.3 is 5.97 Å². The molecule has 2 unspecified atom stereocenters. The van der Waals surface area contributed by atoms with Gasteiger partial charge in [0.2, 0.25) is 0 Å². The molecule has 1 amide bonds. The van der Waals surface area contributed by atoms with E-state index in [2.05, 4.69) is 19.2 Å². The van der Waals surface area contributed by atoms with Gasteiger partial charge < -0.3 is 19.5 Å². The van der Waals surface area contributed by atoms with Crippen molar-refractivity contribution < 1.29 is 23.8 Å². The van der Waals surface area contributed by atoms with Crippen LogP contribution in [0.4, 0.5) is 0 Å². The smallest absolute Gasteiger partial charge is 0.328 e. The highest BCUT2D eigenvalue weighted by molar-refractivity contribution is 7.98. The van der Waals surface area contributed by atoms with Crippen LogP contribution in [0.25, 0.3) is 11.1 Å². The Balaban J connectivity index is 1.82. The van der Waals surface area contributed by atoms with Crippen LogP contribution in [0.1, 0.15) is 86.7 Å². The lowest BCUT2D eigenvalue weighted by Crippen LogP contribution is -2.42. The predicted octanol–water partition coefficient (Wildman–Crippen LogP) is 7.36. The maximum atomic E-state index is 13.5. The topological polar surface area (TPSA) is 73.9 Å². The molecule has 0 aromatic heterocycles. The first-order valence-electron chi connectivity index (χ1n) is 15.2. The third kappa shape index (κ3) is 9.86. The molecular formula is C34H49NO5S. The van der Waals surface area contributed by atoms with E-state index < -0.39 is 12.0 Å². The van der Waals surface area contributed by atoms with Crippen molar-refractivity contribution in [3.63, 3.8) is 0 Å². The lowest BCUT2D eigenvalue weighted by Gasteiger charge is -2.34. The van der Waals surface area contributed by atoms with Crippen molar-refractivity contribution in [1.29, 1.82) is 0 Å². The molecule has 1 saturated carbocycles. The number of methoxy groups -OCH3 is 1. The lowest BCUT2D eigenvalue weighted by atomic mass is 9.83. The van der Waals surface area contributed by atoms with E-state index in [1.165, 1.54) is 39.2 Å². The van der Waals surface area contributed by atoms with Gasteiger partial charge in [-0.2, -0.15) is 11.8 Å². The Kier molecular flexibility index (Phi) is 14.2. The van der Waals surface area contributed by atoms with Crippen LogP contribution in [0.3, 0.4) is 0 Å². The van der Waals surface area contributed by atoms with Crippen molar-refractivity contribution in [2.24, 2.45) is 5.92 Å². The average molecular weight is 584 g/mol. The first-order valence-corrected chi connectivity index (χ1v) is 16.6. The molecule has 41 heavy (non-hydrogen) atoms. The molecule has 7 heteroatoms. The molecule has 3 atom stereocenters. The first-order chi connectivity index (χ1) is 19.9. The highest BCUT2D eigenvalue weighted by Gasteiger charge is 2.30. The molecule has 1 fully saturated rings. The fourth-order valence-electron chi connectivity index (χ4n) is 5.64. The normalized spacial score (nSPS) is 16.1. The fraction of sp³-hybridized carbons (Fsp3) is 0.588. The Labute approximate surface area is 251 Å². The number of unbranched alkanes of at least 4 members (excludes halogenated alkanes) is 1. The molecule has 226 valence electrons. The predicted molar refractivity (Wildman–Crippen MR) is 168 cm³/mol. The molecule has 0 heterocycles. The average Bonchev–Trinajstić information content (AvgIpc) is 3.00. The molecule has 1 N–H and O–H groups in total. The summed E-state index contributed by atoms with van der Waals surface area (Å²) in [6.45, 7) is 7.57. The number of carbonyl (C=O) groups excluding carboxylic acids is 2. The maximum absolute atomic E-state index is 13.5. The minimum Gasteiger partial charge on any atom is -0.467 e. The molecule has 1 aliphatic rings. The van der Waals surface area contributed by atoms with E-state index in [1.807, 2.05) is 55.6 Å². The molecule has 1 aliphatic carbocycles. The quantitative estimate of drug-likeness (QED) is 0.164. The Hall–Kier alpha value is -2.35. The van der Waals surface area contributed by atoms with Crippen LogP contribution in [-0.4, -0.2) is 55.9 Å². The van der Waals surface area contributed by atoms with Crippen LogP contribution in [0.15, 0.2) is 42.5 Å². The number of amides is 1. The number of esters is 1. The summed E-state index contributed by atoms with van der Waals surface area (Å²) >= 11 is 1.63. The second-order valence-electron chi connectivity index (χ2n) is 11.1. The van der Waals surface area contributed by atoms with Gasteiger partial charge in [-0.25, -0.2) is 4.79 Å². The minimum absolute atomic E-state index is 0.0305. The number of nitrogens with one attached hydrogen (secondary N) is 1. The number of aryl methyl sites for hydroxylation is 1. The lowest BCUT2D eigenvalue weighted by molar-refractivity contribution is -0.142. The Morgan fingerprint density at radius 3 is 2.49 bits per heavy atom. The van der Waals surface area contributed by atoms with Crippen LogP contribution >= 0.6 is 11.8 Å².